The lowest BCUT2D eigenvalue weighted by Gasteiger charge is -2.20. The van der Waals surface area contributed by atoms with Crippen molar-refractivity contribution in [1.29, 1.82) is 0 Å². The zero-order valence-corrected chi connectivity index (χ0v) is 16.0. The van der Waals surface area contributed by atoms with E-state index in [1.165, 1.54) is 0 Å². The van der Waals surface area contributed by atoms with Crippen LogP contribution in [-0.4, -0.2) is 32.0 Å². The first-order valence-corrected chi connectivity index (χ1v) is 9.62. The SMILES string of the molecule is Cc1nc2ccccc2n1-c1nc(NCc2ccccc2)c2c(n1)C(=O)NCC2. The van der Waals surface area contributed by atoms with Gasteiger partial charge in [0.2, 0.25) is 5.95 Å². The molecule has 4 aromatic rings. The molecule has 0 unspecified atom stereocenters. The smallest absolute Gasteiger partial charge is 0.270 e. The van der Waals surface area contributed by atoms with Gasteiger partial charge >= 0.3 is 0 Å². The number of carbonyl (C=O) groups is 1. The molecule has 0 atom stereocenters. The fourth-order valence-electron chi connectivity index (χ4n) is 3.71. The number of nitrogens with zero attached hydrogens (tertiary/aromatic N) is 4. The average Bonchev–Trinajstić information content (AvgIpc) is 3.09. The van der Waals surface area contributed by atoms with Crippen molar-refractivity contribution in [3.63, 3.8) is 0 Å². The molecule has 0 saturated heterocycles. The zero-order chi connectivity index (χ0) is 19.8. The average molecular weight is 384 g/mol. The molecule has 7 nitrogen and oxygen atoms in total. The van der Waals surface area contributed by atoms with Crippen molar-refractivity contribution in [2.75, 3.05) is 11.9 Å². The van der Waals surface area contributed by atoms with Crippen molar-refractivity contribution in [3.05, 3.63) is 77.2 Å². The van der Waals surface area contributed by atoms with E-state index >= 15 is 0 Å². The second kappa shape index (κ2) is 7.01. The van der Waals surface area contributed by atoms with Gasteiger partial charge in [0.15, 0.2) is 0 Å². The Morgan fingerprint density at radius 3 is 2.69 bits per heavy atom. The van der Waals surface area contributed by atoms with Gasteiger partial charge < -0.3 is 10.6 Å². The predicted molar refractivity (Wildman–Crippen MR) is 111 cm³/mol. The van der Waals surface area contributed by atoms with Crippen LogP contribution in [0, 0.1) is 6.92 Å². The molecule has 2 aromatic heterocycles. The summed E-state index contributed by atoms with van der Waals surface area (Å²) in [7, 11) is 0. The summed E-state index contributed by atoms with van der Waals surface area (Å²) in [5.41, 5.74) is 4.21. The highest BCUT2D eigenvalue weighted by molar-refractivity contribution is 5.96. The van der Waals surface area contributed by atoms with Gasteiger partial charge in [0.25, 0.3) is 5.91 Å². The van der Waals surface area contributed by atoms with Crippen LogP contribution >= 0.6 is 0 Å². The first-order chi connectivity index (χ1) is 14.2. The van der Waals surface area contributed by atoms with Crippen molar-refractivity contribution in [2.24, 2.45) is 0 Å². The summed E-state index contributed by atoms with van der Waals surface area (Å²) in [4.78, 5) is 26.6. The number of carbonyl (C=O) groups excluding carboxylic acids is 1. The van der Waals surface area contributed by atoms with Gasteiger partial charge in [0.05, 0.1) is 11.0 Å². The van der Waals surface area contributed by atoms with Crippen LogP contribution in [0.4, 0.5) is 5.82 Å². The Hall–Kier alpha value is -3.74. The molecule has 5 rings (SSSR count). The molecule has 0 radical (unpaired) electrons. The first kappa shape index (κ1) is 17.4. The molecule has 0 fully saturated rings. The van der Waals surface area contributed by atoms with E-state index in [4.69, 9.17) is 4.98 Å². The van der Waals surface area contributed by atoms with Gasteiger partial charge in [-0.15, -0.1) is 0 Å². The molecule has 1 amide bonds. The van der Waals surface area contributed by atoms with Crippen LogP contribution in [0.2, 0.25) is 0 Å². The topological polar surface area (TPSA) is 84.7 Å². The van der Waals surface area contributed by atoms with Crippen LogP contribution < -0.4 is 10.6 Å². The van der Waals surface area contributed by atoms with Gasteiger partial charge in [-0.1, -0.05) is 42.5 Å². The molecular formula is C22H20N6O. The Labute approximate surface area is 167 Å². The maximum Gasteiger partial charge on any atom is 0.270 e. The Morgan fingerprint density at radius 2 is 1.83 bits per heavy atom. The molecule has 29 heavy (non-hydrogen) atoms. The van der Waals surface area contributed by atoms with Crippen molar-refractivity contribution >= 4 is 22.8 Å². The Kier molecular flexibility index (Phi) is 4.20. The number of fused-ring (bicyclic) bond motifs is 2. The molecule has 144 valence electrons. The van der Waals surface area contributed by atoms with E-state index in [0.29, 0.717) is 37.0 Å². The third-order valence-corrected chi connectivity index (χ3v) is 5.10. The van der Waals surface area contributed by atoms with Gasteiger partial charge in [0, 0.05) is 18.7 Å². The van der Waals surface area contributed by atoms with Crippen LogP contribution in [0.15, 0.2) is 54.6 Å². The number of benzene rings is 2. The fourth-order valence-corrected chi connectivity index (χ4v) is 3.71. The number of para-hydroxylation sites is 2. The Bertz CT molecular complexity index is 1210. The number of imidazole rings is 1. The number of aryl methyl sites for hydroxylation is 1. The maximum atomic E-state index is 12.5. The summed E-state index contributed by atoms with van der Waals surface area (Å²) in [6.07, 6.45) is 0.697. The minimum atomic E-state index is -0.167. The van der Waals surface area contributed by atoms with E-state index < -0.39 is 0 Å². The van der Waals surface area contributed by atoms with Gasteiger partial charge in [-0.2, -0.15) is 4.98 Å². The van der Waals surface area contributed by atoms with Crippen LogP contribution in [-0.2, 0) is 13.0 Å². The molecule has 0 aliphatic carbocycles. The van der Waals surface area contributed by atoms with Crippen LogP contribution in [0.25, 0.3) is 17.0 Å². The number of hydrogen-bond donors (Lipinski definition) is 2. The Balaban J connectivity index is 1.63. The highest BCUT2D eigenvalue weighted by Crippen LogP contribution is 2.25. The lowest BCUT2D eigenvalue weighted by atomic mass is 10.1. The third-order valence-electron chi connectivity index (χ3n) is 5.10. The summed E-state index contributed by atoms with van der Waals surface area (Å²) in [5, 5.41) is 6.30. The first-order valence-electron chi connectivity index (χ1n) is 9.62. The van der Waals surface area contributed by atoms with Crippen molar-refractivity contribution in [1.82, 2.24) is 24.8 Å². The van der Waals surface area contributed by atoms with E-state index in [-0.39, 0.29) is 5.91 Å². The molecular weight excluding hydrogens is 364 g/mol. The highest BCUT2D eigenvalue weighted by atomic mass is 16.1. The van der Waals surface area contributed by atoms with Crippen molar-refractivity contribution in [3.8, 4) is 5.95 Å². The molecule has 7 heteroatoms. The van der Waals surface area contributed by atoms with Gasteiger partial charge in [-0.25, -0.2) is 9.97 Å². The zero-order valence-electron chi connectivity index (χ0n) is 16.0. The predicted octanol–water partition coefficient (Wildman–Crippen LogP) is 3.02. The molecule has 2 N–H and O–H groups in total. The van der Waals surface area contributed by atoms with Gasteiger partial charge in [-0.3, -0.25) is 9.36 Å². The molecule has 1 aliphatic rings. The second-order valence-electron chi connectivity index (χ2n) is 7.03. The fraction of sp³-hybridized carbons (Fsp3) is 0.182. The van der Waals surface area contributed by atoms with Gasteiger partial charge in [-0.05, 0) is 31.0 Å². The van der Waals surface area contributed by atoms with Gasteiger partial charge in [0.1, 0.15) is 17.3 Å². The number of amides is 1. The molecule has 0 saturated carbocycles. The summed E-state index contributed by atoms with van der Waals surface area (Å²) in [5.74, 6) is 1.75. The second-order valence-corrected chi connectivity index (χ2v) is 7.03. The Morgan fingerprint density at radius 1 is 1.03 bits per heavy atom. The lowest BCUT2D eigenvalue weighted by Crippen LogP contribution is -2.34. The summed E-state index contributed by atoms with van der Waals surface area (Å²) in [6.45, 7) is 3.12. The largest absolute Gasteiger partial charge is 0.366 e. The van der Waals surface area contributed by atoms with E-state index in [1.807, 2.05) is 54.0 Å². The van der Waals surface area contributed by atoms with Crippen LogP contribution in [0.5, 0.6) is 0 Å². The summed E-state index contributed by atoms with van der Waals surface area (Å²) in [6, 6.07) is 18.0. The molecule has 0 spiro atoms. The van der Waals surface area contributed by atoms with E-state index in [9.17, 15) is 4.79 Å². The third kappa shape index (κ3) is 3.10. The lowest BCUT2D eigenvalue weighted by molar-refractivity contribution is 0.0940. The highest BCUT2D eigenvalue weighted by Gasteiger charge is 2.25. The monoisotopic (exact) mass is 384 g/mol. The maximum absolute atomic E-state index is 12.5. The van der Waals surface area contributed by atoms with E-state index in [1.54, 1.807) is 0 Å². The van der Waals surface area contributed by atoms with Crippen molar-refractivity contribution in [2.45, 2.75) is 19.9 Å². The van der Waals surface area contributed by atoms with Crippen molar-refractivity contribution < 1.29 is 4.79 Å². The van der Waals surface area contributed by atoms with Crippen LogP contribution in [0.3, 0.4) is 0 Å². The molecule has 3 heterocycles. The summed E-state index contributed by atoms with van der Waals surface area (Å²) < 4.78 is 1.89. The number of nitrogens with one attached hydrogen (secondary N) is 2. The normalized spacial score (nSPS) is 13.2. The number of anilines is 1. The summed E-state index contributed by atoms with van der Waals surface area (Å²) >= 11 is 0. The number of hydrogen-bond acceptors (Lipinski definition) is 5. The molecule has 2 aromatic carbocycles. The molecule has 1 aliphatic heterocycles. The number of rotatable bonds is 4. The minimum absolute atomic E-state index is 0.167. The van der Waals surface area contributed by atoms with E-state index in [2.05, 4.69) is 32.7 Å². The standard InChI is InChI=1S/C22H20N6O/c1-14-25-17-9-5-6-10-18(17)28(14)22-26-19-16(11-12-23-21(19)29)20(27-22)24-13-15-7-3-2-4-8-15/h2-10H,11-13H2,1H3,(H,23,29)(H,24,26,27). The van der Waals surface area contributed by atoms with Crippen LogP contribution in [0.1, 0.15) is 27.4 Å². The van der Waals surface area contributed by atoms with E-state index in [0.717, 1.165) is 28.0 Å². The minimum Gasteiger partial charge on any atom is -0.366 e. The quantitative estimate of drug-likeness (QED) is 0.565. The molecule has 0 bridgehead atoms. The number of aromatic nitrogens is 4.